The third-order valence-electron chi connectivity index (χ3n) is 7.69. The maximum absolute atomic E-state index is 13.2. The number of amides is 3. The summed E-state index contributed by atoms with van der Waals surface area (Å²) in [4.78, 5) is 31.7. The number of hydrogen-bond donors (Lipinski definition) is 2. The lowest BCUT2D eigenvalue weighted by Crippen LogP contribution is -2.63. The molecule has 0 bridgehead atoms. The molecule has 4 fully saturated rings. The highest BCUT2D eigenvalue weighted by Gasteiger charge is 2.51. The molecule has 0 aromatic heterocycles. The van der Waals surface area contributed by atoms with Gasteiger partial charge in [0, 0.05) is 23.8 Å². The van der Waals surface area contributed by atoms with Gasteiger partial charge in [0.05, 0.1) is 25.3 Å². The summed E-state index contributed by atoms with van der Waals surface area (Å²) in [7, 11) is 0. The number of halogens is 1. The Balaban J connectivity index is 1.17. The van der Waals surface area contributed by atoms with Crippen molar-refractivity contribution in [1.82, 2.24) is 14.7 Å². The number of aliphatic hydroxyl groups is 1. The van der Waals surface area contributed by atoms with Gasteiger partial charge in [-0.15, -0.1) is 0 Å². The number of nitrogens with one attached hydrogen (secondary N) is 1. The Labute approximate surface area is 193 Å². The van der Waals surface area contributed by atoms with Gasteiger partial charge in [-0.2, -0.15) is 0 Å². The van der Waals surface area contributed by atoms with E-state index in [2.05, 4.69) is 10.2 Å². The zero-order valence-corrected chi connectivity index (χ0v) is 19.1. The van der Waals surface area contributed by atoms with Crippen LogP contribution in [0.5, 0.6) is 0 Å². The Morgan fingerprint density at radius 2 is 2.12 bits per heavy atom. The second-order valence-corrected chi connectivity index (χ2v) is 10.1. The Kier molecular flexibility index (Phi) is 5.82. The van der Waals surface area contributed by atoms with Gasteiger partial charge < -0.3 is 29.9 Å². The van der Waals surface area contributed by atoms with E-state index in [-0.39, 0.29) is 29.5 Å². The molecule has 3 saturated heterocycles. The lowest BCUT2D eigenvalue weighted by Gasteiger charge is -2.42. The number of aliphatic hydroxyl groups excluding tert-OH is 1. The Bertz CT molecular complexity index is 895. The van der Waals surface area contributed by atoms with E-state index >= 15 is 0 Å². The molecular formula is C23H31ClN4O4. The van der Waals surface area contributed by atoms with Crippen LogP contribution in [-0.2, 0) is 9.53 Å². The second-order valence-electron chi connectivity index (χ2n) is 9.67. The maximum Gasteiger partial charge on any atom is 0.322 e. The molecule has 174 valence electrons. The molecule has 3 heterocycles. The highest BCUT2D eigenvalue weighted by atomic mass is 35.5. The monoisotopic (exact) mass is 462 g/mol. The van der Waals surface area contributed by atoms with E-state index in [1.54, 1.807) is 31.2 Å². The van der Waals surface area contributed by atoms with Gasteiger partial charge in [0.1, 0.15) is 6.04 Å². The summed E-state index contributed by atoms with van der Waals surface area (Å²) in [6.07, 6.45) is 3.53. The minimum Gasteiger partial charge on any atom is -0.391 e. The Morgan fingerprint density at radius 1 is 1.31 bits per heavy atom. The second kappa shape index (κ2) is 8.48. The van der Waals surface area contributed by atoms with Crippen LogP contribution in [0.2, 0.25) is 5.02 Å². The molecule has 1 aromatic carbocycles. The zero-order valence-electron chi connectivity index (χ0n) is 18.4. The van der Waals surface area contributed by atoms with E-state index in [4.69, 9.17) is 16.3 Å². The molecule has 4 unspecified atom stereocenters. The molecule has 1 aromatic rings. The van der Waals surface area contributed by atoms with Crippen LogP contribution in [0, 0.1) is 5.41 Å². The number of carbonyl (C=O) groups excluding carboxylic acids is 2. The quantitative estimate of drug-likeness (QED) is 0.717. The molecule has 1 aliphatic carbocycles. The van der Waals surface area contributed by atoms with Crippen molar-refractivity contribution in [1.29, 1.82) is 0 Å². The van der Waals surface area contributed by atoms with Gasteiger partial charge >= 0.3 is 6.03 Å². The molecule has 3 aliphatic heterocycles. The van der Waals surface area contributed by atoms with Crippen molar-refractivity contribution in [2.75, 3.05) is 38.1 Å². The molecule has 2 N–H and O–H groups in total. The van der Waals surface area contributed by atoms with E-state index < -0.39 is 12.3 Å². The summed E-state index contributed by atoms with van der Waals surface area (Å²) >= 11 is 6.00. The summed E-state index contributed by atoms with van der Waals surface area (Å²) < 4.78 is 5.94. The van der Waals surface area contributed by atoms with Gasteiger partial charge in [-0.05, 0) is 62.8 Å². The number of nitrogens with zero attached hydrogens (tertiary/aromatic N) is 3. The van der Waals surface area contributed by atoms with Crippen LogP contribution in [0.3, 0.4) is 0 Å². The highest BCUT2D eigenvalue weighted by Crippen LogP contribution is 2.53. The molecule has 4 aliphatic rings. The first-order valence-electron chi connectivity index (χ1n) is 11.5. The topological polar surface area (TPSA) is 85.4 Å². The lowest BCUT2D eigenvalue weighted by molar-refractivity contribution is -0.150. The van der Waals surface area contributed by atoms with Gasteiger partial charge in [-0.1, -0.05) is 17.7 Å². The van der Waals surface area contributed by atoms with Gasteiger partial charge in [0.15, 0.2) is 6.23 Å². The molecule has 4 atom stereocenters. The number of anilines is 1. The van der Waals surface area contributed by atoms with Crippen molar-refractivity contribution >= 4 is 29.2 Å². The van der Waals surface area contributed by atoms with E-state index in [9.17, 15) is 14.7 Å². The van der Waals surface area contributed by atoms with Crippen LogP contribution in [0.25, 0.3) is 0 Å². The van der Waals surface area contributed by atoms with Gasteiger partial charge in [-0.25, -0.2) is 4.79 Å². The van der Waals surface area contributed by atoms with Crippen LogP contribution >= 0.6 is 11.6 Å². The number of urea groups is 1. The Morgan fingerprint density at radius 3 is 2.84 bits per heavy atom. The summed E-state index contributed by atoms with van der Waals surface area (Å²) in [5.41, 5.74) is 0.789. The molecule has 8 nitrogen and oxygen atoms in total. The Hall–Kier alpha value is -1.87. The third-order valence-corrected chi connectivity index (χ3v) is 7.92. The van der Waals surface area contributed by atoms with E-state index in [1.165, 1.54) is 4.90 Å². The van der Waals surface area contributed by atoms with Crippen molar-refractivity contribution in [3.05, 3.63) is 29.3 Å². The molecule has 1 spiro atoms. The fraction of sp³-hybridized carbons (Fsp3) is 0.652. The summed E-state index contributed by atoms with van der Waals surface area (Å²) in [6, 6.07) is 6.04. The molecule has 3 amide bonds. The first-order chi connectivity index (χ1) is 15.4. The van der Waals surface area contributed by atoms with Gasteiger partial charge in [-0.3, -0.25) is 4.79 Å². The maximum atomic E-state index is 13.2. The fourth-order valence-electron chi connectivity index (χ4n) is 5.35. The predicted molar refractivity (Wildman–Crippen MR) is 120 cm³/mol. The van der Waals surface area contributed by atoms with Crippen molar-refractivity contribution in [2.45, 2.75) is 57.0 Å². The summed E-state index contributed by atoms with van der Waals surface area (Å²) in [5.74, 6) is -0.0828. The van der Waals surface area contributed by atoms with E-state index in [0.717, 1.165) is 45.3 Å². The van der Waals surface area contributed by atoms with E-state index in [0.29, 0.717) is 23.9 Å². The SMILES string of the molecule is CC1C(=O)N2C(CCN3CCC4(CC4)C(O)C3)COC2CN1C(=O)Nc1cccc(Cl)c1. The average molecular weight is 463 g/mol. The summed E-state index contributed by atoms with van der Waals surface area (Å²) in [5, 5.41) is 13.8. The number of hydrogen-bond acceptors (Lipinski definition) is 5. The first-order valence-corrected chi connectivity index (χ1v) is 11.9. The largest absolute Gasteiger partial charge is 0.391 e. The van der Waals surface area contributed by atoms with Crippen LogP contribution in [0.1, 0.15) is 32.6 Å². The molecule has 0 radical (unpaired) electrons. The highest BCUT2D eigenvalue weighted by molar-refractivity contribution is 6.30. The van der Waals surface area contributed by atoms with Crippen LogP contribution < -0.4 is 5.32 Å². The molecule has 5 rings (SSSR count). The molecule has 1 saturated carbocycles. The van der Waals surface area contributed by atoms with Gasteiger partial charge in [0.25, 0.3) is 0 Å². The fourth-order valence-corrected chi connectivity index (χ4v) is 5.54. The van der Waals surface area contributed by atoms with Crippen LogP contribution in [-0.4, -0.2) is 88.9 Å². The number of piperazine rings is 1. The van der Waals surface area contributed by atoms with Gasteiger partial charge in [0.2, 0.25) is 5.91 Å². The minimum absolute atomic E-state index is 0.00189. The normalized spacial score (nSPS) is 31.7. The smallest absolute Gasteiger partial charge is 0.322 e. The minimum atomic E-state index is -0.568. The summed E-state index contributed by atoms with van der Waals surface area (Å²) in [6.45, 7) is 5.15. The number of ether oxygens (including phenoxy) is 1. The number of piperidine rings is 1. The van der Waals surface area contributed by atoms with Crippen LogP contribution in [0.4, 0.5) is 10.5 Å². The van der Waals surface area contributed by atoms with E-state index in [1.807, 2.05) is 4.90 Å². The van der Waals surface area contributed by atoms with Crippen molar-refractivity contribution in [3.8, 4) is 0 Å². The third kappa shape index (κ3) is 4.09. The molecular weight excluding hydrogens is 432 g/mol. The van der Waals surface area contributed by atoms with Crippen molar-refractivity contribution in [2.24, 2.45) is 5.41 Å². The number of carbonyl (C=O) groups is 2. The number of benzene rings is 1. The molecule has 9 heteroatoms. The number of fused-ring (bicyclic) bond motifs is 1. The predicted octanol–water partition coefficient (Wildman–Crippen LogP) is 2.37. The van der Waals surface area contributed by atoms with Crippen molar-refractivity contribution < 1.29 is 19.4 Å². The first kappa shape index (κ1) is 21.9. The number of rotatable bonds is 4. The zero-order chi connectivity index (χ0) is 22.5. The average Bonchev–Trinajstić information content (AvgIpc) is 3.43. The molecule has 32 heavy (non-hydrogen) atoms. The number of β-amino-alcohol motifs (C(OH)–C–C–N with tert-alkyl or cyclic N) is 1. The van der Waals surface area contributed by atoms with Crippen molar-refractivity contribution in [3.63, 3.8) is 0 Å². The lowest BCUT2D eigenvalue weighted by atomic mass is 9.90. The number of likely N-dealkylation sites (tertiary alicyclic amines) is 1. The van der Waals surface area contributed by atoms with Crippen LogP contribution in [0.15, 0.2) is 24.3 Å². The standard InChI is InChI=1S/C23H31ClN4O4/c1-15-21(30)28-18(5-9-26-10-8-23(6-7-23)19(29)12-26)14-32-20(28)13-27(15)22(31)25-17-4-2-3-16(24)11-17/h2-4,11,15,18-20,29H,5-10,12-14H2,1H3,(H,25,31).